The Hall–Kier alpha value is -1.32. The lowest BCUT2D eigenvalue weighted by atomic mass is 9.93. The summed E-state index contributed by atoms with van der Waals surface area (Å²) >= 11 is 0. The first-order valence-electron chi connectivity index (χ1n) is 5.18. The predicted molar refractivity (Wildman–Crippen MR) is 55.8 cm³/mol. The van der Waals surface area contributed by atoms with E-state index in [2.05, 4.69) is 30.7 Å². The number of aromatic nitrogens is 2. The maximum atomic E-state index is 10.7. The van der Waals surface area contributed by atoms with Crippen molar-refractivity contribution >= 4 is 5.97 Å². The van der Waals surface area contributed by atoms with Crippen LogP contribution in [0.15, 0.2) is 6.20 Å². The van der Waals surface area contributed by atoms with Crippen LogP contribution in [0.5, 0.6) is 0 Å². The van der Waals surface area contributed by atoms with E-state index in [4.69, 9.17) is 5.11 Å². The molecule has 0 aliphatic heterocycles. The second-order valence-electron chi connectivity index (χ2n) is 5.22. The molecule has 0 spiro atoms. The van der Waals surface area contributed by atoms with Crippen molar-refractivity contribution in [1.82, 2.24) is 9.97 Å². The van der Waals surface area contributed by atoms with E-state index in [-0.39, 0.29) is 17.3 Å². The fraction of sp³-hybridized carbons (Fsp3) is 0.636. The molecule has 4 heteroatoms. The van der Waals surface area contributed by atoms with Gasteiger partial charge in [0, 0.05) is 23.2 Å². The number of hydrogen-bond acceptors (Lipinski definition) is 2. The average Bonchev–Trinajstić information content (AvgIpc) is 2.74. The molecule has 1 aromatic heterocycles. The smallest absolute Gasteiger partial charge is 0.307 e. The molecule has 1 aliphatic carbocycles. The van der Waals surface area contributed by atoms with Crippen molar-refractivity contribution in [3.05, 3.63) is 17.7 Å². The molecular weight excluding hydrogens is 192 g/mol. The molecule has 2 atom stereocenters. The van der Waals surface area contributed by atoms with Crippen LogP contribution in [0.25, 0.3) is 0 Å². The topological polar surface area (TPSA) is 66.0 Å². The Kier molecular flexibility index (Phi) is 2.10. The summed E-state index contributed by atoms with van der Waals surface area (Å²) in [4.78, 5) is 18.2. The van der Waals surface area contributed by atoms with Crippen LogP contribution in [0.1, 0.15) is 44.6 Å². The van der Waals surface area contributed by atoms with E-state index < -0.39 is 5.97 Å². The van der Waals surface area contributed by atoms with Crippen molar-refractivity contribution in [2.45, 2.75) is 38.5 Å². The summed E-state index contributed by atoms with van der Waals surface area (Å²) in [6.45, 7) is 6.31. The van der Waals surface area contributed by atoms with Gasteiger partial charge in [-0.25, -0.2) is 4.98 Å². The summed E-state index contributed by atoms with van der Waals surface area (Å²) < 4.78 is 0. The van der Waals surface area contributed by atoms with Crippen LogP contribution in [0.4, 0.5) is 0 Å². The number of aliphatic carboxylic acids is 1. The lowest BCUT2D eigenvalue weighted by molar-refractivity contribution is -0.138. The Morgan fingerprint density at radius 1 is 1.60 bits per heavy atom. The van der Waals surface area contributed by atoms with E-state index >= 15 is 0 Å². The molecule has 1 aromatic rings. The van der Waals surface area contributed by atoms with Crippen LogP contribution in [-0.4, -0.2) is 21.0 Å². The Morgan fingerprint density at radius 3 is 2.67 bits per heavy atom. The lowest BCUT2D eigenvalue weighted by Crippen LogP contribution is -2.11. The van der Waals surface area contributed by atoms with Crippen molar-refractivity contribution in [3.8, 4) is 0 Å². The Balaban J connectivity index is 2.13. The fourth-order valence-corrected chi connectivity index (χ4v) is 1.68. The maximum Gasteiger partial charge on any atom is 0.307 e. The molecule has 82 valence electrons. The summed E-state index contributed by atoms with van der Waals surface area (Å²) in [5.74, 6) is -0.0244. The van der Waals surface area contributed by atoms with E-state index in [0.29, 0.717) is 6.42 Å². The van der Waals surface area contributed by atoms with Gasteiger partial charge in [-0.05, 0) is 6.42 Å². The van der Waals surface area contributed by atoms with Crippen LogP contribution >= 0.6 is 0 Å². The zero-order valence-electron chi connectivity index (χ0n) is 9.24. The lowest BCUT2D eigenvalue weighted by Gasteiger charge is -2.15. The number of H-pyrrole nitrogens is 1. The number of carbonyl (C=O) groups is 1. The number of carboxylic acids is 1. The van der Waals surface area contributed by atoms with E-state index in [1.54, 1.807) is 0 Å². The highest BCUT2D eigenvalue weighted by Crippen LogP contribution is 2.46. The van der Waals surface area contributed by atoms with Gasteiger partial charge in [-0.1, -0.05) is 20.8 Å². The van der Waals surface area contributed by atoms with Crippen LogP contribution in [0.3, 0.4) is 0 Å². The number of rotatable bonds is 2. The highest BCUT2D eigenvalue weighted by Gasteiger charge is 2.46. The molecule has 1 fully saturated rings. The zero-order valence-corrected chi connectivity index (χ0v) is 9.24. The van der Waals surface area contributed by atoms with Gasteiger partial charge in [-0.15, -0.1) is 0 Å². The van der Waals surface area contributed by atoms with E-state index in [0.717, 1.165) is 11.5 Å². The molecule has 2 unspecified atom stereocenters. The molecule has 0 bridgehead atoms. The molecule has 0 amide bonds. The van der Waals surface area contributed by atoms with Crippen molar-refractivity contribution in [1.29, 1.82) is 0 Å². The molecular formula is C11H16N2O2. The van der Waals surface area contributed by atoms with E-state index in [1.165, 1.54) is 0 Å². The first kappa shape index (κ1) is 10.2. The third-order valence-corrected chi connectivity index (χ3v) is 2.86. The Bertz CT molecular complexity index is 390. The number of nitrogens with zero attached hydrogens (tertiary/aromatic N) is 1. The largest absolute Gasteiger partial charge is 0.481 e. The van der Waals surface area contributed by atoms with E-state index in [9.17, 15) is 4.79 Å². The normalized spacial score (nSPS) is 25.3. The predicted octanol–water partition coefficient (Wildman–Crippen LogP) is 1.90. The van der Waals surface area contributed by atoms with Gasteiger partial charge in [-0.3, -0.25) is 4.79 Å². The third-order valence-electron chi connectivity index (χ3n) is 2.86. The van der Waals surface area contributed by atoms with Gasteiger partial charge < -0.3 is 10.1 Å². The highest BCUT2D eigenvalue weighted by molar-refractivity contribution is 5.74. The van der Waals surface area contributed by atoms with E-state index in [1.807, 2.05) is 6.20 Å². The highest BCUT2D eigenvalue weighted by atomic mass is 16.4. The minimum absolute atomic E-state index is 0.0405. The summed E-state index contributed by atoms with van der Waals surface area (Å²) in [5.41, 5.74) is 1.10. The Morgan fingerprint density at radius 2 is 2.27 bits per heavy atom. The van der Waals surface area contributed by atoms with Crippen LogP contribution < -0.4 is 0 Å². The monoisotopic (exact) mass is 208 g/mol. The minimum Gasteiger partial charge on any atom is -0.481 e. The molecule has 0 radical (unpaired) electrons. The Labute approximate surface area is 88.7 Å². The average molecular weight is 208 g/mol. The number of aromatic amines is 1. The van der Waals surface area contributed by atoms with Crippen molar-refractivity contribution in [2.75, 3.05) is 0 Å². The SMILES string of the molecule is CC(C)(C)c1cnc(C2CC2C(=O)O)[nH]1. The summed E-state index contributed by atoms with van der Waals surface area (Å²) in [6.07, 6.45) is 2.53. The van der Waals surface area contributed by atoms with Gasteiger partial charge in [0.2, 0.25) is 0 Å². The molecule has 4 nitrogen and oxygen atoms in total. The first-order valence-corrected chi connectivity index (χ1v) is 5.18. The zero-order chi connectivity index (χ0) is 11.2. The molecule has 1 aliphatic rings. The fourth-order valence-electron chi connectivity index (χ4n) is 1.68. The molecule has 2 N–H and O–H groups in total. The van der Waals surface area contributed by atoms with Crippen molar-refractivity contribution in [2.24, 2.45) is 5.92 Å². The summed E-state index contributed by atoms with van der Waals surface area (Å²) in [7, 11) is 0. The van der Waals surface area contributed by atoms with Gasteiger partial charge in [0.1, 0.15) is 5.82 Å². The molecule has 0 saturated heterocycles. The van der Waals surface area contributed by atoms with Crippen LogP contribution in [-0.2, 0) is 10.2 Å². The third kappa shape index (κ3) is 1.89. The van der Waals surface area contributed by atoms with Gasteiger partial charge in [-0.2, -0.15) is 0 Å². The van der Waals surface area contributed by atoms with Crippen molar-refractivity contribution in [3.63, 3.8) is 0 Å². The molecule has 1 heterocycles. The second kappa shape index (κ2) is 3.08. The quantitative estimate of drug-likeness (QED) is 0.780. The molecule has 15 heavy (non-hydrogen) atoms. The van der Waals surface area contributed by atoms with Gasteiger partial charge >= 0.3 is 5.97 Å². The molecule has 0 aromatic carbocycles. The number of hydrogen-bond donors (Lipinski definition) is 2. The number of carboxylic acid groups (broad SMARTS) is 1. The van der Waals surface area contributed by atoms with Gasteiger partial charge in [0.05, 0.1) is 5.92 Å². The van der Waals surface area contributed by atoms with Crippen LogP contribution in [0, 0.1) is 5.92 Å². The summed E-state index contributed by atoms with van der Waals surface area (Å²) in [5, 5.41) is 8.81. The summed E-state index contributed by atoms with van der Waals surface area (Å²) in [6, 6.07) is 0. The standard InChI is InChI=1S/C11H16N2O2/c1-11(2,3)8-5-12-9(13-8)6-4-7(6)10(14)15/h5-7H,4H2,1-3H3,(H,12,13)(H,14,15). The van der Waals surface area contributed by atoms with Crippen LogP contribution in [0.2, 0.25) is 0 Å². The molecule has 1 saturated carbocycles. The number of imidazole rings is 1. The van der Waals surface area contributed by atoms with Crippen molar-refractivity contribution < 1.29 is 9.90 Å². The first-order chi connectivity index (χ1) is 6.89. The number of nitrogens with one attached hydrogen (secondary N) is 1. The maximum absolute atomic E-state index is 10.7. The second-order valence-corrected chi connectivity index (χ2v) is 5.22. The van der Waals surface area contributed by atoms with Gasteiger partial charge in [0.15, 0.2) is 0 Å². The molecule has 2 rings (SSSR count). The van der Waals surface area contributed by atoms with Gasteiger partial charge in [0.25, 0.3) is 0 Å². The minimum atomic E-state index is -0.714.